The average molecular weight is 445 g/mol. The van der Waals surface area contributed by atoms with Crippen molar-refractivity contribution in [2.75, 3.05) is 12.4 Å². The van der Waals surface area contributed by atoms with Gasteiger partial charge in [0.05, 0.1) is 28.5 Å². The molecule has 0 atom stereocenters. The lowest BCUT2D eigenvalue weighted by molar-refractivity contribution is 0.0600. The number of hydrogen-bond donors (Lipinski definition) is 1. The molecule has 30 heavy (non-hydrogen) atoms. The van der Waals surface area contributed by atoms with Gasteiger partial charge >= 0.3 is 5.97 Å². The van der Waals surface area contributed by atoms with Gasteiger partial charge in [-0.3, -0.25) is 10.1 Å². The summed E-state index contributed by atoms with van der Waals surface area (Å²) in [5, 5.41) is 4.38. The summed E-state index contributed by atoms with van der Waals surface area (Å²) in [6.45, 7) is 3.22. The predicted octanol–water partition coefficient (Wildman–Crippen LogP) is 4.03. The molecule has 1 amide bonds. The standard InChI is InChI=1S/C21H20N2O5S2/c1-13(2)30(26,27)17-10-8-15(9-11-17)19(24)23-21-22-18(12-29-21)14-4-6-16(7-5-14)20(25)28-3/h4-13H,1-3H3,(H,22,23,24). The summed E-state index contributed by atoms with van der Waals surface area (Å²) >= 11 is 1.26. The van der Waals surface area contributed by atoms with Crippen molar-refractivity contribution in [1.29, 1.82) is 0 Å². The highest BCUT2D eigenvalue weighted by Gasteiger charge is 2.19. The summed E-state index contributed by atoms with van der Waals surface area (Å²) in [5.74, 6) is -0.801. The van der Waals surface area contributed by atoms with Crippen LogP contribution < -0.4 is 5.32 Å². The van der Waals surface area contributed by atoms with Gasteiger partial charge in [-0.05, 0) is 50.2 Å². The first-order valence-electron chi connectivity index (χ1n) is 9.02. The van der Waals surface area contributed by atoms with Crippen molar-refractivity contribution in [3.05, 3.63) is 65.0 Å². The van der Waals surface area contributed by atoms with Crippen molar-refractivity contribution < 1.29 is 22.7 Å². The monoisotopic (exact) mass is 444 g/mol. The van der Waals surface area contributed by atoms with E-state index in [1.807, 2.05) is 0 Å². The van der Waals surface area contributed by atoms with Gasteiger partial charge in [0.25, 0.3) is 5.91 Å². The van der Waals surface area contributed by atoms with Crippen molar-refractivity contribution in [3.8, 4) is 11.3 Å². The minimum atomic E-state index is -3.39. The predicted molar refractivity (Wildman–Crippen MR) is 116 cm³/mol. The van der Waals surface area contributed by atoms with Crippen molar-refractivity contribution in [2.45, 2.75) is 24.0 Å². The second-order valence-electron chi connectivity index (χ2n) is 6.68. The number of rotatable bonds is 6. The van der Waals surface area contributed by atoms with Crippen LogP contribution in [0.15, 0.2) is 58.8 Å². The van der Waals surface area contributed by atoms with Crippen LogP contribution in [0, 0.1) is 0 Å². The smallest absolute Gasteiger partial charge is 0.337 e. The number of nitrogens with one attached hydrogen (secondary N) is 1. The zero-order valence-electron chi connectivity index (χ0n) is 16.6. The Labute approximate surface area is 178 Å². The number of carbonyl (C=O) groups is 2. The molecule has 0 bridgehead atoms. The number of sulfone groups is 1. The first-order chi connectivity index (χ1) is 14.2. The maximum absolute atomic E-state index is 12.5. The lowest BCUT2D eigenvalue weighted by Crippen LogP contribution is -2.15. The van der Waals surface area contributed by atoms with Gasteiger partial charge in [0.1, 0.15) is 0 Å². The lowest BCUT2D eigenvalue weighted by atomic mass is 10.1. The Kier molecular flexibility index (Phi) is 6.33. The van der Waals surface area contributed by atoms with Crippen LogP contribution in [0.25, 0.3) is 11.3 Å². The minimum Gasteiger partial charge on any atom is -0.465 e. The van der Waals surface area contributed by atoms with E-state index in [1.54, 1.807) is 43.5 Å². The normalized spacial score (nSPS) is 11.3. The topological polar surface area (TPSA) is 102 Å². The molecule has 0 spiro atoms. The summed E-state index contributed by atoms with van der Waals surface area (Å²) in [6.07, 6.45) is 0. The van der Waals surface area contributed by atoms with Gasteiger partial charge in [-0.25, -0.2) is 18.2 Å². The maximum atomic E-state index is 12.5. The van der Waals surface area contributed by atoms with Gasteiger partial charge in [-0.2, -0.15) is 0 Å². The van der Waals surface area contributed by atoms with Gasteiger partial charge in [0.15, 0.2) is 15.0 Å². The number of ether oxygens (including phenoxy) is 1. The molecule has 2 aromatic carbocycles. The fourth-order valence-electron chi connectivity index (χ4n) is 2.60. The Morgan fingerprint density at radius 1 is 1.00 bits per heavy atom. The van der Waals surface area contributed by atoms with E-state index in [2.05, 4.69) is 15.0 Å². The van der Waals surface area contributed by atoms with E-state index in [4.69, 9.17) is 0 Å². The number of esters is 1. The molecule has 1 heterocycles. The van der Waals surface area contributed by atoms with Crippen molar-refractivity contribution in [3.63, 3.8) is 0 Å². The molecule has 9 heteroatoms. The van der Waals surface area contributed by atoms with Gasteiger partial charge in [0, 0.05) is 16.5 Å². The zero-order chi connectivity index (χ0) is 21.9. The number of hydrogen-bond acceptors (Lipinski definition) is 7. The average Bonchev–Trinajstić information content (AvgIpc) is 3.21. The van der Waals surface area contributed by atoms with E-state index in [1.165, 1.54) is 42.7 Å². The zero-order valence-corrected chi connectivity index (χ0v) is 18.2. The molecule has 156 valence electrons. The van der Waals surface area contributed by atoms with Crippen LogP contribution in [-0.2, 0) is 14.6 Å². The largest absolute Gasteiger partial charge is 0.465 e. The van der Waals surface area contributed by atoms with Crippen LogP contribution in [0.1, 0.15) is 34.6 Å². The van der Waals surface area contributed by atoms with Crippen LogP contribution in [0.5, 0.6) is 0 Å². The molecular formula is C21H20N2O5S2. The van der Waals surface area contributed by atoms with Gasteiger partial charge in [-0.1, -0.05) is 12.1 Å². The van der Waals surface area contributed by atoms with E-state index >= 15 is 0 Å². The third-order valence-electron chi connectivity index (χ3n) is 4.39. The molecule has 0 aliphatic rings. The Morgan fingerprint density at radius 2 is 1.60 bits per heavy atom. The van der Waals surface area contributed by atoms with E-state index in [0.29, 0.717) is 22.0 Å². The first-order valence-corrected chi connectivity index (χ1v) is 11.4. The summed E-state index contributed by atoms with van der Waals surface area (Å²) in [5.41, 5.74) is 2.22. The Morgan fingerprint density at radius 3 is 2.17 bits per heavy atom. The van der Waals surface area contributed by atoms with Gasteiger partial charge in [0.2, 0.25) is 0 Å². The van der Waals surface area contributed by atoms with Crippen LogP contribution in [0.2, 0.25) is 0 Å². The van der Waals surface area contributed by atoms with Gasteiger partial charge < -0.3 is 4.74 Å². The first kappa shape index (κ1) is 21.7. The molecule has 1 aromatic heterocycles. The molecule has 0 fully saturated rings. The Balaban J connectivity index is 1.71. The van der Waals surface area contributed by atoms with Crippen LogP contribution in [-0.4, -0.2) is 37.6 Å². The SMILES string of the molecule is COC(=O)c1ccc(-c2csc(NC(=O)c3ccc(S(=O)(=O)C(C)C)cc3)n2)cc1. The second-order valence-corrected chi connectivity index (χ2v) is 10.0. The summed E-state index contributed by atoms with van der Waals surface area (Å²) in [6, 6.07) is 12.6. The molecular weight excluding hydrogens is 424 g/mol. The van der Waals surface area contributed by atoms with Crippen LogP contribution in [0.3, 0.4) is 0 Å². The number of anilines is 1. The van der Waals surface area contributed by atoms with Crippen molar-refractivity contribution in [1.82, 2.24) is 4.98 Å². The molecule has 1 N–H and O–H groups in total. The Hall–Kier alpha value is -3.04. The molecule has 0 saturated carbocycles. The van der Waals surface area contributed by atoms with Crippen molar-refractivity contribution in [2.24, 2.45) is 0 Å². The van der Waals surface area contributed by atoms with Crippen LogP contribution in [0.4, 0.5) is 5.13 Å². The maximum Gasteiger partial charge on any atom is 0.337 e. The second kappa shape index (κ2) is 8.76. The summed E-state index contributed by atoms with van der Waals surface area (Å²) < 4.78 is 29.0. The molecule has 0 aliphatic carbocycles. The summed E-state index contributed by atoms with van der Waals surface area (Å²) in [7, 11) is -2.06. The van der Waals surface area contributed by atoms with Crippen molar-refractivity contribution >= 4 is 38.2 Å². The van der Waals surface area contributed by atoms with E-state index in [0.717, 1.165) is 5.56 Å². The molecule has 0 aliphatic heterocycles. The number of benzene rings is 2. The number of carbonyl (C=O) groups excluding carboxylic acids is 2. The van der Waals surface area contributed by atoms with Gasteiger partial charge in [-0.15, -0.1) is 11.3 Å². The lowest BCUT2D eigenvalue weighted by Gasteiger charge is -2.08. The third-order valence-corrected chi connectivity index (χ3v) is 7.32. The molecule has 3 aromatic rings. The fourth-order valence-corrected chi connectivity index (χ4v) is 4.37. The number of aromatic nitrogens is 1. The highest BCUT2D eigenvalue weighted by molar-refractivity contribution is 7.92. The highest BCUT2D eigenvalue weighted by Crippen LogP contribution is 2.26. The molecule has 7 nitrogen and oxygen atoms in total. The molecule has 0 radical (unpaired) electrons. The third kappa shape index (κ3) is 4.58. The number of nitrogens with zero attached hydrogens (tertiary/aromatic N) is 1. The van der Waals surface area contributed by atoms with Crippen LogP contribution >= 0.6 is 11.3 Å². The quantitative estimate of drug-likeness (QED) is 0.576. The minimum absolute atomic E-state index is 0.181. The summed E-state index contributed by atoms with van der Waals surface area (Å²) in [4.78, 5) is 28.6. The number of amides is 1. The highest BCUT2D eigenvalue weighted by atomic mass is 32.2. The fraction of sp³-hybridized carbons (Fsp3) is 0.190. The number of methoxy groups -OCH3 is 1. The molecule has 0 saturated heterocycles. The Bertz CT molecular complexity index is 1160. The van der Waals surface area contributed by atoms with E-state index in [-0.39, 0.29) is 10.8 Å². The van der Waals surface area contributed by atoms with E-state index < -0.39 is 21.1 Å². The molecule has 0 unspecified atom stereocenters. The molecule has 3 rings (SSSR count). The number of thiazole rings is 1. The van der Waals surface area contributed by atoms with E-state index in [9.17, 15) is 18.0 Å².